The number of nitrogens with zero attached hydrogens (tertiary/aromatic N) is 2. The lowest BCUT2D eigenvalue weighted by atomic mass is 10.00. The van der Waals surface area contributed by atoms with Crippen molar-refractivity contribution in [2.75, 3.05) is 27.7 Å². The number of carboxylic acid groups (broad SMARTS) is 1. The topological polar surface area (TPSA) is 83.8 Å². The highest BCUT2D eigenvalue weighted by Gasteiger charge is 2.17. The number of fused-ring (bicyclic) bond motifs is 1. The van der Waals surface area contributed by atoms with E-state index in [1.54, 1.807) is 26.2 Å². The number of aryl methyl sites for hydroxylation is 1. The van der Waals surface area contributed by atoms with Crippen LogP contribution in [0.1, 0.15) is 27.0 Å². The molecule has 0 aliphatic rings. The molecule has 2 aromatic carbocycles. The molecule has 31 heavy (non-hydrogen) atoms. The number of carbonyl (C=O) groups excluding carboxylic acids is 1. The van der Waals surface area contributed by atoms with Crippen LogP contribution in [0, 0.1) is 0 Å². The molecule has 0 spiro atoms. The van der Waals surface area contributed by atoms with E-state index in [0.29, 0.717) is 30.3 Å². The third-order valence-electron chi connectivity index (χ3n) is 5.29. The van der Waals surface area contributed by atoms with Gasteiger partial charge in [0.15, 0.2) is 0 Å². The van der Waals surface area contributed by atoms with Gasteiger partial charge in [-0.1, -0.05) is 23.7 Å². The molecule has 8 heteroatoms. The number of methoxy groups -OCH3 is 1. The average Bonchev–Trinajstić information content (AvgIpc) is 2.98. The molecule has 0 saturated heterocycles. The predicted molar refractivity (Wildman–Crippen MR) is 121 cm³/mol. The highest BCUT2D eigenvalue weighted by Crippen LogP contribution is 2.34. The lowest BCUT2D eigenvalue weighted by Crippen LogP contribution is -2.35. The van der Waals surface area contributed by atoms with Crippen molar-refractivity contribution >= 4 is 34.5 Å². The molecule has 0 aliphatic heterocycles. The summed E-state index contributed by atoms with van der Waals surface area (Å²) < 4.78 is 7.36. The van der Waals surface area contributed by atoms with Gasteiger partial charge in [0.05, 0.1) is 12.7 Å². The van der Waals surface area contributed by atoms with Crippen molar-refractivity contribution < 1.29 is 19.4 Å². The van der Waals surface area contributed by atoms with Gasteiger partial charge >= 0.3 is 12.0 Å². The first-order valence-electron chi connectivity index (χ1n) is 9.84. The minimum absolute atomic E-state index is 0.124. The molecule has 0 bridgehead atoms. The van der Waals surface area contributed by atoms with Gasteiger partial charge in [-0.25, -0.2) is 9.59 Å². The Morgan fingerprint density at radius 2 is 1.94 bits per heavy atom. The summed E-state index contributed by atoms with van der Waals surface area (Å²) in [4.78, 5) is 24.5. The van der Waals surface area contributed by atoms with Gasteiger partial charge in [-0.15, -0.1) is 0 Å². The van der Waals surface area contributed by atoms with Crippen LogP contribution < -0.4 is 10.1 Å². The molecular formula is C23H26ClN3O4. The molecule has 3 aromatic rings. The van der Waals surface area contributed by atoms with Gasteiger partial charge in [-0.3, -0.25) is 0 Å². The van der Waals surface area contributed by atoms with Gasteiger partial charge < -0.3 is 24.6 Å². The van der Waals surface area contributed by atoms with Crippen LogP contribution in [0.4, 0.5) is 4.79 Å². The minimum atomic E-state index is -1.00. The fourth-order valence-electron chi connectivity index (χ4n) is 3.55. The number of carboxylic acids is 1. The first-order chi connectivity index (χ1) is 14.7. The van der Waals surface area contributed by atoms with E-state index in [-0.39, 0.29) is 11.6 Å². The highest BCUT2D eigenvalue weighted by molar-refractivity contribution is 6.32. The van der Waals surface area contributed by atoms with Crippen LogP contribution in [0.5, 0.6) is 5.75 Å². The van der Waals surface area contributed by atoms with Crippen LogP contribution >= 0.6 is 11.6 Å². The number of urea groups is 1. The summed E-state index contributed by atoms with van der Waals surface area (Å²) in [5.74, 6) is -0.491. The zero-order valence-electron chi connectivity index (χ0n) is 18.0. The van der Waals surface area contributed by atoms with Gasteiger partial charge in [-0.2, -0.15) is 0 Å². The molecule has 164 valence electrons. The number of ether oxygens (including phenoxy) is 1. The van der Waals surface area contributed by atoms with Gasteiger partial charge in [0.1, 0.15) is 10.9 Å². The Morgan fingerprint density at radius 3 is 2.58 bits per heavy atom. The first-order valence-corrected chi connectivity index (χ1v) is 10.2. The number of rotatable bonds is 7. The van der Waals surface area contributed by atoms with Crippen LogP contribution in [-0.2, 0) is 19.9 Å². The summed E-state index contributed by atoms with van der Waals surface area (Å²) in [6.45, 7) is 0.531. The summed E-state index contributed by atoms with van der Waals surface area (Å²) in [6.07, 6.45) is 1.19. The van der Waals surface area contributed by atoms with Crippen molar-refractivity contribution in [2.45, 2.75) is 12.8 Å². The van der Waals surface area contributed by atoms with Crippen LogP contribution in [0.3, 0.4) is 0 Å². The lowest BCUT2D eigenvalue weighted by molar-refractivity contribution is 0.0696. The molecule has 0 unspecified atom stereocenters. The summed E-state index contributed by atoms with van der Waals surface area (Å²) in [6, 6.07) is 10.9. The molecule has 0 atom stereocenters. The molecule has 0 radical (unpaired) electrons. The van der Waals surface area contributed by atoms with Gasteiger partial charge in [-0.05, 0) is 41.8 Å². The molecule has 2 N–H and O–H groups in total. The fraction of sp³-hybridized carbons (Fsp3) is 0.304. The van der Waals surface area contributed by atoms with Crippen molar-refractivity contribution in [3.05, 3.63) is 63.8 Å². The van der Waals surface area contributed by atoms with Crippen LogP contribution in [0.15, 0.2) is 36.4 Å². The smallest absolute Gasteiger partial charge is 0.335 e. The van der Waals surface area contributed by atoms with Crippen LogP contribution in [0.2, 0.25) is 5.15 Å². The van der Waals surface area contributed by atoms with Crippen molar-refractivity contribution in [1.82, 2.24) is 14.8 Å². The van der Waals surface area contributed by atoms with E-state index in [9.17, 15) is 14.7 Å². The van der Waals surface area contributed by atoms with E-state index in [4.69, 9.17) is 16.3 Å². The number of hydrogen-bond donors (Lipinski definition) is 2. The summed E-state index contributed by atoms with van der Waals surface area (Å²) >= 11 is 6.66. The third-order valence-corrected chi connectivity index (χ3v) is 5.77. The number of amides is 2. The number of aromatic nitrogens is 1. The van der Waals surface area contributed by atoms with E-state index in [2.05, 4.69) is 11.4 Å². The monoisotopic (exact) mass is 443 g/mol. The lowest BCUT2D eigenvalue weighted by Gasteiger charge is -2.12. The predicted octanol–water partition coefficient (Wildman–Crippen LogP) is 3.94. The first kappa shape index (κ1) is 22.5. The molecule has 1 heterocycles. The minimum Gasteiger partial charge on any atom is -0.496 e. The number of carbonyl (C=O) groups is 2. The second-order valence-electron chi connectivity index (χ2n) is 7.56. The molecule has 7 nitrogen and oxygen atoms in total. The standard InChI is InChI=1S/C23H26ClN3O4/c1-26(2)23(30)25-10-9-14-5-8-19-17(11-14)18(21(24)27(19)3)12-15-6-7-16(22(28)29)13-20(15)31-4/h5-8,11,13H,9-10,12H2,1-4H3,(H,25,30)(H,28,29). The summed E-state index contributed by atoms with van der Waals surface area (Å²) in [5, 5.41) is 13.7. The second-order valence-corrected chi connectivity index (χ2v) is 7.92. The summed E-state index contributed by atoms with van der Waals surface area (Å²) in [7, 11) is 6.85. The van der Waals surface area contributed by atoms with E-state index in [1.165, 1.54) is 18.1 Å². The molecule has 1 aromatic heterocycles. The maximum absolute atomic E-state index is 11.7. The molecule has 0 fully saturated rings. The van der Waals surface area contributed by atoms with Crippen molar-refractivity contribution in [3.8, 4) is 5.75 Å². The maximum atomic E-state index is 11.7. The molecule has 0 saturated carbocycles. The number of nitrogens with one attached hydrogen (secondary N) is 1. The van der Waals surface area contributed by atoms with Gasteiger partial charge in [0.25, 0.3) is 0 Å². The number of aromatic carboxylic acids is 1. The molecule has 3 rings (SSSR count). The summed E-state index contributed by atoms with van der Waals surface area (Å²) in [5.41, 5.74) is 4.06. The molecule has 2 amide bonds. The Balaban J connectivity index is 1.92. The van der Waals surface area contributed by atoms with E-state index in [1.807, 2.05) is 23.7 Å². The average molecular weight is 444 g/mol. The van der Waals surface area contributed by atoms with E-state index in [0.717, 1.165) is 27.6 Å². The second kappa shape index (κ2) is 9.31. The Morgan fingerprint density at radius 1 is 1.19 bits per heavy atom. The fourth-order valence-corrected chi connectivity index (χ4v) is 3.81. The zero-order valence-corrected chi connectivity index (χ0v) is 18.8. The number of benzene rings is 2. The quantitative estimate of drug-likeness (QED) is 0.579. The van der Waals surface area contributed by atoms with Crippen molar-refractivity contribution in [1.29, 1.82) is 0 Å². The number of hydrogen-bond acceptors (Lipinski definition) is 3. The van der Waals surface area contributed by atoms with E-state index < -0.39 is 5.97 Å². The largest absolute Gasteiger partial charge is 0.496 e. The van der Waals surface area contributed by atoms with E-state index >= 15 is 0 Å². The normalized spacial score (nSPS) is 10.9. The Bertz CT molecular complexity index is 1140. The van der Waals surface area contributed by atoms with Gasteiger partial charge in [0, 0.05) is 50.6 Å². The van der Waals surface area contributed by atoms with Crippen molar-refractivity contribution in [2.24, 2.45) is 7.05 Å². The maximum Gasteiger partial charge on any atom is 0.335 e. The Labute approximate surface area is 186 Å². The van der Waals surface area contributed by atoms with Crippen LogP contribution in [-0.4, -0.2) is 54.3 Å². The van der Waals surface area contributed by atoms with Gasteiger partial charge in [0.2, 0.25) is 0 Å². The Hall–Kier alpha value is -3.19. The van der Waals surface area contributed by atoms with Crippen molar-refractivity contribution in [3.63, 3.8) is 0 Å². The third kappa shape index (κ3) is 4.77. The SMILES string of the molecule is COc1cc(C(=O)O)ccc1Cc1c(Cl)n(C)c2ccc(CCNC(=O)N(C)C)cc12. The zero-order chi connectivity index (χ0) is 22.7. The number of halogens is 1. The Kier molecular flexibility index (Phi) is 6.75. The van der Waals surface area contributed by atoms with Crippen LogP contribution in [0.25, 0.3) is 10.9 Å². The molecule has 0 aliphatic carbocycles. The molecular weight excluding hydrogens is 418 g/mol. The highest BCUT2D eigenvalue weighted by atomic mass is 35.5.